The SMILES string of the molecule is COc1cccc(/C=C2/CCc3c2nc2ccccc2c3C(=O)NC(C)CO)c1OC. The number of nitrogens with one attached hydrogen (secondary N) is 1. The predicted octanol–water partition coefficient (Wildman–Crippen LogP) is 3.85. The van der Waals surface area contributed by atoms with E-state index in [9.17, 15) is 9.90 Å². The molecular weight excluding hydrogens is 392 g/mol. The summed E-state index contributed by atoms with van der Waals surface area (Å²) in [5.41, 5.74) is 5.14. The molecule has 1 atom stereocenters. The van der Waals surface area contributed by atoms with Gasteiger partial charge in [-0.15, -0.1) is 0 Å². The van der Waals surface area contributed by atoms with Crippen molar-refractivity contribution in [2.45, 2.75) is 25.8 Å². The Kier molecular flexibility index (Phi) is 5.91. The van der Waals surface area contributed by atoms with Crippen molar-refractivity contribution in [3.05, 3.63) is 64.8 Å². The molecule has 4 rings (SSSR count). The van der Waals surface area contributed by atoms with Gasteiger partial charge in [-0.25, -0.2) is 4.98 Å². The normalized spacial score (nSPS) is 15.0. The largest absolute Gasteiger partial charge is 0.493 e. The van der Waals surface area contributed by atoms with Gasteiger partial charge in [0, 0.05) is 17.0 Å². The highest BCUT2D eigenvalue weighted by atomic mass is 16.5. The molecule has 6 heteroatoms. The molecule has 1 aromatic heterocycles. The van der Waals surface area contributed by atoms with Gasteiger partial charge in [-0.1, -0.05) is 30.3 Å². The average Bonchev–Trinajstić information content (AvgIpc) is 3.18. The van der Waals surface area contributed by atoms with E-state index in [0.717, 1.165) is 46.1 Å². The van der Waals surface area contributed by atoms with Crippen molar-refractivity contribution in [1.82, 2.24) is 10.3 Å². The topological polar surface area (TPSA) is 80.7 Å². The lowest BCUT2D eigenvalue weighted by molar-refractivity contribution is 0.0923. The van der Waals surface area contributed by atoms with Gasteiger partial charge in [-0.3, -0.25) is 4.79 Å². The number of aliphatic hydroxyl groups excluding tert-OH is 1. The zero-order chi connectivity index (χ0) is 22.0. The third-order valence-electron chi connectivity index (χ3n) is 5.58. The highest BCUT2D eigenvalue weighted by Gasteiger charge is 2.27. The van der Waals surface area contributed by atoms with Crippen LogP contribution in [0.3, 0.4) is 0 Å². The highest BCUT2D eigenvalue weighted by molar-refractivity contribution is 6.09. The molecule has 1 unspecified atom stereocenters. The number of rotatable bonds is 6. The lowest BCUT2D eigenvalue weighted by Gasteiger charge is -2.15. The molecule has 6 nitrogen and oxygen atoms in total. The number of pyridine rings is 1. The first-order chi connectivity index (χ1) is 15.1. The molecule has 0 aliphatic heterocycles. The number of amides is 1. The van der Waals surface area contributed by atoms with Crippen molar-refractivity contribution in [2.24, 2.45) is 0 Å². The second-order valence-corrected chi connectivity index (χ2v) is 7.64. The summed E-state index contributed by atoms with van der Waals surface area (Å²) in [5, 5.41) is 13.1. The van der Waals surface area contributed by atoms with E-state index in [1.165, 1.54) is 0 Å². The Hall–Kier alpha value is -3.38. The smallest absolute Gasteiger partial charge is 0.252 e. The van der Waals surface area contributed by atoms with Crippen molar-refractivity contribution in [2.75, 3.05) is 20.8 Å². The van der Waals surface area contributed by atoms with E-state index in [0.29, 0.717) is 17.1 Å². The highest BCUT2D eigenvalue weighted by Crippen LogP contribution is 2.40. The van der Waals surface area contributed by atoms with Gasteiger partial charge in [0.05, 0.1) is 37.6 Å². The standard InChI is InChI=1S/C25H26N2O4/c1-15(14-28)26-25(29)22-18-8-4-5-9-20(18)27-23-16(11-12-19(22)23)13-17-7-6-10-21(30-2)24(17)31-3/h4-10,13,15,28H,11-12,14H2,1-3H3,(H,26,29)/b16-13-. The number of aliphatic hydroxyl groups is 1. The zero-order valence-electron chi connectivity index (χ0n) is 17.9. The molecule has 0 bridgehead atoms. The molecule has 3 aromatic rings. The number of para-hydroxylation sites is 2. The number of carbonyl (C=O) groups excluding carboxylic acids is 1. The molecule has 31 heavy (non-hydrogen) atoms. The van der Waals surface area contributed by atoms with Gasteiger partial charge in [0.15, 0.2) is 11.5 Å². The summed E-state index contributed by atoms with van der Waals surface area (Å²) in [4.78, 5) is 18.0. The van der Waals surface area contributed by atoms with Gasteiger partial charge in [-0.2, -0.15) is 0 Å². The minimum absolute atomic E-state index is 0.113. The molecule has 2 N–H and O–H groups in total. The van der Waals surface area contributed by atoms with E-state index in [4.69, 9.17) is 14.5 Å². The van der Waals surface area contributed by atoms with Crippen LogP contribution in [0.4, 0.5) is 0 Å². The first kappa shape index (κ1) is 20.9. The van der Waals surface area contributed by atoms with Crippen LogP contribution >= 0.6 is 0 Å². The van der Waals surface area contributed by atoms with E-state index >= 15 is 0 Å². The number of hydrogen-bond donors (Lipinski definition) is 2. The van der Waals surface area contributed by atoms with Gasteiger partial charge in [0.1, 0.15) is 0 Å². The zero-order valence-corrected chi connectivity index (χ0v) is 17.9. The van der Waals surface area contributed by atoms with E-state index in [1.807, 2.05) is 42.5 Å². The molecule has 1 aliphatic carbocycles. The van der Waals surface area contributed by atoms with Gasteiger partial charge in [-0.05, 0) is 49.1 Å². The number of ether oxygens (including phenoxy) is 2. The third-order valence-corrected chi connectivity index (χ3v) is 5.58. The number of allylic oxidation sites excluding steroid dienone is 1. The number of aromatic nitrogens is 1. The third kappa shape index (κ3) is 3.86. The van der Waals surface area contributed by atoms with Gasteiger partial charge in [0.2, 0.25) is 0 Å². The van der Waals surface area contributed by atoms with Crippen LogP contribution < -0.4 is 14.8 Å². The molecule has 1 aliphatic rings. The fraction of sp³-hybridized carbons (Fsp3) is 0.280. The fourth-order valence-electron chi connectivity index (χ4n) is 4.09. The van der Waals surface area contributed by atoms with Crippen LogP contribution in [-0.4, -0.2) is 42.9 Å². The van der Waals surface area contributed by atoms with Crippen LogP contribution in [0.5, 0.6) is 11.5 Å². The molecule has 1 heterocycles. The van der Waals surface area contributed by atoms with Crippen LogP contribution in [0.15, 0.2) is 42.5 Å². The second-order valence-electron chi connectivity index (χ2n) is 7.64. The Bertz CT molecular complexity index is 1170. The van der Waals surface area contributed by atoms with Crippen molar-refractivity contribution in [3.63, 3.8) is 0 Å². The summed E-state index contributed by atoms with van der Waals surface area (Å²) < 4.78 is 11.0. The lowest BCUT2D eigenvalue weighted by atomic mass is 9.99. The number of methoxy groups -OCH3 is 2. The molecule has 0 radical (unpaired) electrons. The maximum atomic E-state index is 13.1. The van der Waals surface area contributed by atoms with Crippen molar-refractivity contribution in [3.8, 4) is 11.5 Å². The van der Waals surface area contributed by atoms with Crippen molar-refractivity contribution in [1.29, 1.82) is 0 Å². The van der Waals surface area contributed by atoms with Gasteiger partial charge < -0.3 is 19.9 Å². The Morgan fingerprint density at radius 3 is 2.71 bits per heavy atom. The van der Waals surface area contributed by atoms with E-state index in [2.05, 4.69) is 11.4 Å². The van der Waals surface area contributed by atoms with Crippen LogP contribution in [0.1, 0.15) is 40.5 Å². The molecule has 1 amide bonds. The Morgan fingerprint density at radius 1 is 1.16 bits per heavy atom. The van der Waals surface area contributed by atoms with Gasteiger partial charge >= 0.3 is 0 Å². The Morgan fingerprint density at radius 2 is 1.97 bits per heavy atom. The second kappa shape index (κ2) is 8.78. The number of carbonyl (C=O) groups is 1. The molecule has 160 valence electrons. The first-order valence-corrected chi connectivity index (χ1v) is 10.3. The quantitative estimate of drug-likeness (QED) is 0.636. The van der Waals surface area contributed by atoms with Crippen LogP contribution in [-0.2, 0) is 6.42 Å². The summed E-state index contributed by atoms with van der Waals surface area (Å²) >= 11 is 0. The van der Waals surface area contributed by atoms with Crippen LogP contribution in [0.2, 0.25) is 0 Å². The van der Waals surface area contributed by atoms with Crippen molar-refractivity contribution >= 4 is 28.5 Å². The summed E-state index contributed by atoms with van der Waals surface area (Å²) in [7, 11) is 3.24. The monoisotopic (exact) mass is 418 g/mol. The number of fused-ring (bicyclic) bond motifs is 2. The summed E-state index contributed by atoms with van der Waals surface area (Å²) in [6.45, 7) is 1.67. The maximum Gasteiger partial charge on any atom is 0.252 e. The summed E-state index contributed by atoms with van der Waals surface area (Å²) in [5.74, 6) is 1.15. The lowest BCUT2D eigenvalue weighted by Crippen LogP contribution is -2.35. The molecule has 0 spiro atoms. The predicted molar refractivity (Wildman–Crippen MR) is 121 cm³/mol. The summed E-state index contributed by atoms with van der Waals surface area (Å²) in [6, 6.07) is 13.1. The molecule has 0 saturated carbocycles. The first-order valence-electron chi connectivity index (χ1n) is 10.3. The molecular formula is C25H26N2O4. The minimum atomic E-state index is -0.326. The van der Waals surface area contributed by atoms with Crippen LogP contribution in [0, 0.1) is 0 Å². The fourth-order valence-corrected chi connectivity index (χ4v) is 4.09. The van der Waals surface area contributed by atoms with E-state index in [1.54, 1.807) is 21.1 Å². The Balaban J connectivity index is 1.87. The van der Waals surface area contributed by atoms with E-state index in [-0.39, 0.29) is 18.6 Å². The molecule has 0 fully saturated rings. The maximum absolute atomic E-state index is 13.1. The van der Waals surface area contributed by atoms with Crippen molar-refractivity contribution < 1.29 is 19.4 Å². The number of benzene rings is 2. The molecule has 2 aromatic carbocycles. The Labute approximate surface area is 181 Å². The van der Waals surface area contributed by atoms with Crippen LogP contribution in [0.25, 0.3) is 22.6 Å². The average molecular weight is 418 g/mol. The van der Waals surface area contributed by atoms with E-state index < -0.39 is 0 Å². The molecule has 0 saturated heterocycles. The number of nitrogens with zero attached hydrogens (tertiary/aromatic N) is 1. The summed E-state index contributed by atoms with van der Waals surface area (Å²) in [6.07, 6.45) is 3.56. The van der Waals surface area contributed by atoms with Gasteiger partial charge in [0.25, 0.3) is 5.91 Å². The minimum Gasteiger partial charge on any atom is -0.493 e. The number of hydrogen-bond acceptors (Lipinski definition) is 5.